The highest BCUT2D eigenvalue weighted by molar-refractivity contribution is 5.22. The SMILES string of the molecule is C=C1C(OO)CCC2(C)CCC(O)(C(C)C)C(O)C12. The molecule has 0 spiro atoms. The van der Waals surface area contributed by atoms with Gasteiger partial charge in [-0.25, -0.2) is 4.89 Å². The van der Waals surface area contributed by atoms with Crippen molar-refractivity contribution in [3.63, 3.8) is 0 Å². The molecule has 5 unspecified atom stereocenters. The van der Waals surface area contributed by atoms with Crippen LogP contribution in [0.3, 0.4) is 0 Å². The minimum Gasteiger partial charge on any atom is -0.389 e. The van der Waals surface area contributed by atoms with Crippen molar-refractivity contribution in [2.75, 3.05) is 0 Å². The Balaban J connectivity index is 2.34. The van der Waals surface area contributed by atoms with Crippen LogP contribution in [0.2, 0.25) is 0 Å². The molecule has 5 atom stereocenters. The molecule has 2 rings (SSSR count). The molecule has 110 valence electrons. The van der Waals surface area contributed by atoms with Crippen LogP contribution in [0.4, 0.5) is 0 Å². The topological polar surface area (TPSA) is 69.9 Å². The molecule has 0 aromatic carbocycles. The van der Waals surface area contributed by atoms with Crippen molar-refractivity contribution in [1.82, 2.24) is 0 Å². The zero-order valence-corrected chi connectivity index (χ0v) is 12.1. The van der Waals surface area contributed by atoms with Gasteiger partial charge >= 0.3 is 0 Å². The van der Waals surface area contributed by atoms with Crippen LogP contribution in [0.5, 0.6) is 0 Å². The molecule has 3 N–H and O–H groups in total. The first-order valence-corrected chi connectivity index (χ1v) is 7.15. The molecule has 4 heteroatoms. The van der Waals surface area contributed by atoms with E-state index in [1.807, 2.05) is 13.8 Å². The van der Waals surface area contributed by atoms with Crippen LogP contribution < -0.4 is 0 Å². The van der Waals surface area contributed by atoms with Crippen molar-refractivity contribution < 1.29 is 20.4 Å². The van der Waals surface area contributed by atoms with Gasteiger partial charge in [0.25, 0.3) is 0 Å². The molecule has 0 saturated heterocycles. The maximum absolute atomic E-state index is 10.8. The van der Waals surface area contributed by atoms with Crippen LogP contribution in [-0.4, -0.2) is 33.3 Å². The highest BCUT2D eigenvalue weighted by Gasteiger charge is 2.57. The van der Waals surface area contributed by atoms with Crippen LogP contribution in [0, 0.1) is 17.3 Å². The molecule has 0 aromatic rings. The second-order valence-corrected chi connectivity index (χ2v) is 6.93. The molecule has 4 nitrogen and oxygen atoms in total. The number of fused-ring (bicyclic) bond motifs is 1. The Kier molecular flexibility index (Phi) is 3.82. The van der Waals surface area contributed by atoms with Gasteiger partial charge in [-0.1, -0.05) is 27.4 Å². The van der Waals surface area contributed by atoms with E-state index in [9.17, 15) is 10.2 Å². The van der Waals surface area contributed by atoms with Crippen molar-refractivity contribution in [1.29, 1.82) is 0 Å². The lowest BCUT2D eigenvalue weighted by atomic mass is 9.52. The Labute approximate surface area is 115 Å². The van der Waals surface area contributed by atoms with Gasteiger partial charge in [0.05, 0.1) is 11.7 Å². The molecule has 0 radical (unpaired) electrons. The maximum Gasteiger partial charge on any atom is 0.114 e. The third-order valence-corrected chi connectivity index (χ3v) is 5.59. The second kappa shape index (κ2) is 4.85. The fraction of sp³-hybridized carbons (Fsp3) is 0.867. The average Bonchev–Trinajstić information content (AvgIpc) is 2.34. The van der Waals surface area contributed by atoms with Crippen LogP contribution in [0.15, 0.2) is 12.2 Å². The molecule has 0 amide bonds. The molecule has 2 aliphatic rings. The van der Waals surface area contributed by atoms with Crippen molar-refractivity contribution in [2.24, 2.45) is 17.3 Å². The lowest BCUT2D eigenvalue weighted by molar-refractivity contribution is -0.283. The van der Waals surface area contributed by atoms with Crippen molar-refractivity contribution in [2.45, 2.75) is 64.3 Å². The quantitative estimate of drug-likeness (QED) is 0.409. The number of aliphatic hydroxyl groups excluding tert-OH is 1. The van der Waals surface area contributed by atoms with Crippen LogP contribution in [0.1, 0.15) is 46.5 Å². The Morgan fingerprint density at radius 3 is 2.47 bits per heavy atom. The summed E-state index contributed by atoms with van der Waals surface area (Å²) in [6, 6.07) is 0. The van der Waals surface area contributed by atoms with Crippen LogP contribution in [-0.2, 0) is 4.89 Å². The third kappa shape index (κ3) is 2.15. The molecule has 19 heavy (non-hydrogen) atoms. The number of aliphatic hydroxyl groups is 2. The molecule has 2 fully saturated rings. The van der Waals surface area contributed by atoms with Gasteiger partial charge in [-0.15, -0.1) is 0 Å². The molecule has 0 heterocycles. The third-order valence-electron chi connectivity index (χ3n) is 5.59. The standard InChI is InChI=1S/C15H26O4/c1-9(2)15(17)8-7-14(4)6-5-11(19-18)10(3)12(14)13(15)16/h9,11-13,16-18H,3,5-8H2,1-2,4H3. The van der Waals surface area contributed by atoms with E-state index in [0.717, 1.165) is 19.3 Å². The van der Waals surface area contributed by atoms with Gasteiger partial charge in [-0.3, -0.25) is 5.26 Å². The van der Waals surface area contributed by atoms with Gasteiger partial charge in [0.2, 0.25) is 0 Å². The first-order chi connectivity index (χ1) is 8.76. The second-order valence-electron chi connectivity index (χ2n) is 6.93. The van der Waals surface area contributed by atoms with E-state index in [2.05, 4.69) is 18.4 Å². The van der Waals surface area contributed by atoms with Gasteiger partial charge in [-0.2, -0.15) is 0 Å². The van der Waals surface area contributed by atoms with Crippen molar-refractivity contribution in [3.8, 4) is 0 Å². The fourth-order valence-corrected chi connectivity index (χ4v) is 3.99. The Hall–Kier alpha value is -0.420. The monoisotopic (exact) mass is 270 g/mol. The minimum absolute atomic E-state index is 0.0183. The van der Waals surface area contributed by atoms with Gasteiger partial charge in [0.1, 0.15) is 6.10 Å². The lowest BCUT2D eigenvalue weighted by Crippen LogP contribution is -2.61. The smallest absolute Gasteiger partial charge is 0.114 e. The number of hydrogen-bond donors (Lipinski definition) is 3. The van der Waals surface area contributed by atoms with Gasteiger partial charge in [0, 0.05) is 5.92 Å². The van der Waals surface area contributed by atoms with E-state index >= 15 is 0 Å². The zero-order valence-electron chi connectivity index (χ0n) is 12.1. The predicted molar refractivity (Wildman–Crippen MR) is 72.5 cm³/mol. The molecule has 2 saturated carbocycles. The Morgan fingerprint density at radius 1 is 1.32 bits per heavy atom. The average molecular weight is 270 g/mol. The molecular formula is C15H26O4. The largest absolute Gasteiger partial charge is 0.389 e. The van der Waals surface area contributed by atoms with Gasteiger partial charge in [0.15, 0.2) is 0 Å². The Morgan fingerprint density at radius 2 is 1.95 bits per heavy atom. The lowest BCUT2D eigenvalue weighted by Gasteiger charge is -2.56. The van der Waals surface area contributed by atoms with Crippen molar-refractivity contribution in [3.05, 3.63) is 12.2 Å². The summed E-state index contributed by atoms with van der Waals surface area (Å²) in [5.74, 6) is -0.241. The maximum atomic E-state index is 10.8. The summed E-state index contributed by atoms with van der Waals surface area (Å²) in [6.45, 7) is 10.0. The summed E-state index contributed by atoms with van der Waals surface area (Å²) in [6.07, 6.45) is 1.78. The summed E-state index contributed by atoms with van der Waals surface area (Å²) < 4.78 is 0. The predicted octanol–water partition coefficient (Wildman–Crippen LogP) is 2.36. The normalized spacial score (nSPS) is 47.3. The van der Waals surface area contributed by atoms with Crippen molar-refractivity contribution >= 4 is 0 Å². The van der Waals surface area contributed by atoms with E-state index in [0.29, 0.717) is 12.0 Å². The molecule has 0 aromatic heterocycles. The molecular weight excluding hydrogens is 244 g/mol. The highest BCUT2D eigenvalue weighted by atomic mass is 17.1. The number of hydrogen-bond acceptors (Lipinski definition) is 4. The van der Waals surface area contributed by atoms with Crippen LogP contribution in [0.25, 0.3) is 0 Å². The van der Waals surface area contributed by atoms with Gasteiger partial charge < -0.3 is 10.2 Å². The first kappa shape index (κ1) is 15.0. The van der Waals surface area contributed by atoms with E-state index < -0.39 is 17.8 Å². The molecule has 0 bridgehead atoms. The summed E-state index contributed by atoms with van der Waals surface area (Å²) >= 11 is 0. The summed E-state index contributed by atoms with van der Waals surface area (Å²) in [4.78, 5) is 4.48. The molecule has 2 aliphatic carbocycles. The summed E-state index contributed by atoms with van der Waals surface area (Å²) in [5, 5.41) is 30.4. The van der Waals surface area contributed by atoms with E-state index in [4.69, 9.17) is 5.26 Å². The van der Waals surface area contributed by atoms with E-state index in [1.54, 1.807) is 0 Å². The summed E-state index contributed by atoms with van der Waals surface area (Å²) in [7, 11) is 0. The van der Waals surface area contributed by atoms with E-state index in [-0.39, 0.29) is 17.3 Å². The Bertz CT molecular complexity index is 367. The summed E-state index contributed by atoms with van der Waals surface area (Å²) in [5.41, 5.74) is -0.431. The number of rotatable bonds is 2. The minimum atomic E-state index is -1.08. The molecule has 0 aliphatic heterocycles. The van der Waals surface area contributed by atoms with E-state index in [1.165, 1.54) is 0 Å². The zero-order chi connectivity index (χ0) is 14.4. The van der Waals surface area contributed by atoms with Gasteiger partial charge in [-0.05, 0) is 42.6 Å². The first-order valence-electron chi connectivity index (χ1n) is 7.15. The van der Waals surface area contributed by atoms with Crippen LogP contribution >= 0.6 is 0 Å². The fourth-order valence-electron chi connectivity index (χ4n) is 3.99. The highest BCUT2D eigenvalue weighted by Crippen LogP contribution is 2.56.